The number of carbonyl (C=O) groups excluding carboxylic acids is 1. The number of nitrogens with one attached hydrogen (secondary N) is 2. The summed E-state index contributed by atoms with van der Waals surface area (Å²) < 4.78 is 1.56. The lowest BCUT2D eigenvalue weighted by Gasteiger charge is -2.09. The number of hydrogen-bond acceptors (Lipinski definition) is 4. The minimum absolute atomic E-state index is 0.276. The van der Waals surface area contributed by atoms with Crippen molar-refractivity contribution in [2.75, 3.05) is 10.7 Å². The molecule has 0 aliphatic rings. The zero-order chi connectivity index (χ0) is 13.8. The first kappa shape index (κ1) is 14.0. The Hall–Kier alpha value is -1.44. The van der Waals surface area contributed by atoms with Crippen LogP contribution >= 0.6 is 31.9 Å². The number of halogens is 2. The molecule has 7 heteroatoms. The van der Waals surface area contributed by atoms with E-state index in [1.54, 1.807) is 18.2 Å². The lowest BCUT2D eigenvalue weighted by Crippen LogP contribution is -2.16. The molecule has 0 atom stereocenters. The summed E-state index contributed by atoms with van der Waals surface area (Å²) in [6.07, 6.45) is 0. The molecule has 1 aromatic carbocycles. The molecule has 1 aromatic heterocycles. The van der Waals surface area contributed by atoms with Crippen LogP contribution < -0.4 is 16.6 Å². The summed E-state index contributed by atoms with van der Waals surface area (Å²) in [7, 11) is 0. The van der Waals surface area contributed by atoms with Crippen LogP contribution in [0.4, 0.5) is 11.5 Å². The van der Waals surface area contributed by atoms with Gasteiger partial charge in [-0.05, 0) is 56.1 Å². The van der Waals surface area contributed by atoms with Crippen LogP contribution in [0.5, 0.6) is 0 Å². The predicted molar refractivity (Wildman–Crippen MR) is 81.8 cm³/mol. The lowest BCUT2D eigenvalue weighted by molar-refractivity contribution is 0.102. The van der Waals surface area contributed by atoms with Crippen molar-refractivity contribution in [1.29, 1.82) is 0 Å². The van der Waals surface area contributed by atoms with Gasteiger partial charge in [-0.3, -0.25) is 4.79 Å². The van der Waals surface area contributed by atoms with Gasteiger partial charge >= 0.3 is 0 Å². The molecule has 0 saturated carbocycles. The van der Waals surface area contributed by atoms with Gasteiger partial charge in [0.2, 0.25) is 0 Å². The standard InChI is InChI=1S/C12H10Br2N4O/c13-7-3-1-4-8(14)11(7)17-12(19)9-5-2-6-10(16-9)18-15/h1-6H,15H2,(H,16,18)(H,17,19). The van der Waals surface area contributed by atoms with Gasteiger partial charge in [0.15, 0.2) is 0 Å². The maximum absolute atomic E-state index is 12.1. The molecule has 98 valence electrons. The number of anilines is 2. The van der Waals surface area contributed by atoms with Gasteiger partial charge in [-0.1, -0.05) is 12.1 Å². The number of nitrogens with zero attached hydrogens (tertiary/aromatic N) is 1. The van der Waals surface area contributed by atoms with E-state index in [4.69, 9.17) is 5.84 Å². The van der Waals surface area contributed by atoms with Crippen LogP contribution in [0.15, 0.2) is 45.3 Å². The van der Waals surface area contributed by atoms with Crippen LogP contribution in [0.2, 0.25) is 0 Å². The van der Waals surface area contributed by atoms with E-state index >= 15 is 0 Å². The van der Waals surface area contributed by atoms with Crippen LogP contribution in [-0.2, 0) is 0 Å². The summed E-state index contributed by atoms with van der Waals surface area (Å²) in [6, 6.07) is 10.5. The Balaban J connectivity index is 2.25. The third kappa shape index (κ3) is 3.31. The summed E-state index contributed by atoms with van der Waals surface area (Å²) in [5.41, 5.74) is 3.33. The lowest BCUT2D eigenvalue weighted by atomic mass is 10.3. The highest BCUT2D eigenvalue weighted by Crippen LogP contribution is 2.30. The summed E-state index contributed by atoms with van der Waals surface area (Å²) >= 11 is 6.76. The molecule has 4 N–H and O–H groups in total. The minimum atomic E-state index is -0.315. The third-order valence-corrected chi connectivity index (χ3v) is 3.65. The molecule has 0 radical (unpaired) electrons. The molecule has 2 rings (SSSR count). The Labute approximate surface area is 126 Å². The molecular weight excluding hydrogens is 376 g/mol. The number of hydrogen-bond donors (Lipinski definition) is 3. The number of para-hydroxylation sites is 1. The van der Waals surface area contributed by atoms with Crippen molar-refractivity contribution < 1.29 is 4.79 Å². The maximum atomic E-state index is 12.1. The monoisotopic (exact) mass is 384 g/mol. The fourth-order valence-corrected chi connectivity index (χ4v) is 2.63. The molecule has 0 fully saturated rings. The summed E-state index contributed by atoms with van der Waals surface area (Å²) in [5.74, 6) is 5.37. The number of pyridine rings is 1. The van der Waals surface area contributed by atoms with Gasteiger partial charge in [0.1, 0.15) is 11.5 Å². The maximum Gasteiger partial charge on any atom is 0.274 e. The fourth-order valence-electron chi connectivity index (χ4n) is 1.44. The highest BCUT2D eigenvalue weighted by atomic mass is 79.9. The van der Waals surface area contributed by atoms with Crippen molar-refractivity contribution in [2.24, 2.45) is 5.84 Å². The number of nitrogen functional groups attached to an aromatic ring is 1. The normalized spacial score (nSPS) is 10.1. The largest absolute Gasteiger partial charge is 0.319 e. The molecule has 0 aliphatic heterocycles. The zero-order valence-electron chi connectivity index (χ0n) is 9.65. The number of benzene rings is 1. The Morgan fingerprint density at radius 3 is 2.37 bits per heavy atom. The topological polar surface area (TPSA) is 80.0 Å². The first-order chi connectivity index (χ1) is 9.11. The van der Waals surface area contributed by atoms with Crippen molar-refractivity contribution in [3.05, 3.63) is 51.0 Å². The van der Waals surface area contributed by atoms with Crippen molar-refractivity contribution in [3.63, 3.8) is 0 Å². The van der Waals surface area contributed by atoms with E-state index in [0.29, 0.717) is 11.5 Å². The molecule has 5 nitrogen and oxygen atoms in total. The average Bonchev–Trinajstić information content (AvgIpc) is 2.43. The number of hydrazine groups is 1. The van der Waals surface area contributed by atoms with Gasteiger partial charge in [-0.25, -0.2) is 10.8 Å². The summed E-state index contributed by atoms with van der Waals surface area (Å²) in [5, 5.41) is 2.78. The Morgan fingerprint density at radius 2 is 1.74 bits per heavy atom. The highest BCUT2D eigenvalue weighted by Gasteiger charge is 2.12. The Kier molecular flexibility index (Phi) is 4.52. The van der Waals surface area contributed by atoms with Gasteiger partial charge in [-0.15, -0.1) is 0 Å². The van der Waals surface area contributed by atoms with Gasteiger partial charge < -0.3 is 10.7 Å². The second kappa shape index (κ2) is 6.14. The van der Waals surface area contributed by atoms with Gasteiger partial charge in [-0.2, -0.15) is 0 Å². The Bertz CT molecular complexity index is 598. The molecule has 1 amide bonds. The van der Waals surface area contributed by atoms with Crippen LogP contribution in [0.1, 0.15) is 10.5 Å². The van der Waals surface area contributed by atoms with E-state index in [9.17, 15) is 4.79 Å². The predicted octanol–water partition coefficient (Wildman–Crippen LogP) is 3.14. The SMILES string of the molecule is NNc1cccc(C(=O)Nc2c(Br)cccc2Br)n1. The molecule has 1 heterocycles. The number of rotatable bonds is 3. The molecule has 2 aromatic rings. The third-order valence-electron chi connectivity index (χ3n) is 2.33. The molecule has 19 heavy (non-hydrogen) atoms. The molecule has 0 spiro atoms. The van der Waals surface area contributed by atoms with Crippen molar-refractivity contribution in [2.45, 2.75) is 0 Å². The quantitative estimate of drug-likeness (QED) is 0.560. The first-order valence-electron chi connectivity index (χ1n) is 5.31. The van der Waals surface area contributed by atoms with Gasteiger partial charge in [0, 0.05) is 8.95 Å². The molecule has 0 aliphatic carbocycles. The molecule has 0 saturated heterocycles. The molecular formula is C12H10Br2N4O. The van der Waals surface area contributed by atoms with Crippen LogP contribution in [-0.4, -0.2) is 10.9 Å². The van der Waals surface area contributed by atoms with E-state index in [2.05, 4.69) is 47.6 Å². The number of carbonyl (C=O) groups is 1. The molecule has 0 bridgehead atoms. The second-order valence-corrected chi connectivity index (χ2v) is 5.31. The van der Waals surface area contributed by atoms with E-state index in [1.807, 2.05) is 18.2 Å². The Morgan fingerprint density at radius 1 is 1.11 bits per heavy atom. The van der Waals surface area contributed by atoms with E-state index in [0.717, 1.165) is 8.95 Å². The summed E-state index contributed by atoms with van der Waals surface area (Å²) in [6.45, 7) is 0. The van der Waals surface area contributed by atoms with Gasteiger partial charge in [0.05, 0.1) is 5.69 Å². The van der Waals surface area contributed by atoms with Crippen molar-refractivity contribution in [1.82, 2.24) is 4.98 Å². The van der Waals surface area contributed by atoms with E-state index in [-0.39, 0.29) is 11.6 Å². The number of aromatic nitrogens is 1. The number of nitrogens with two attached hydrogens (primary N) is 1. The molecule has 0 unspecified atom stereocenters. The number of amides is 1. The summed E-state index contributed by atoms with van der Waals surface area (Å²) in [4.78, 5) is 16.2. The highest BCUT2D eigenvalue weighted by molar-refractivity contribution is 9.11. The van der Waals surface area contributed by atoms with Crippen molar-refractivity contribution in [3.8, 4) is 0 Å². The van der Waals surface area contributed by atoms with Crippen LogP contribution in [0.25, 0.3) is 0 Å². The fraction of sp³-hybridized carbons (Fsp3) is 0. The minimum Gasteiger partial charge on any atom is -0.319 e. The van der Waals surface area contributed by atoms with Crippen LogP contribution in [0, 0.1) is 0 Å². The zero-order valence-corrected chi connectivity index (χ0v) is 12.8. The average molecular weight is 386 g/mol. The second-order valence-electron chi connectivity index (χ2n) is 3.60. The van der Waals surface area contributed by atoms with Crippen molar-refractivity contribution >= 4 is 49.3 Å². The van der Waals surface area contributed by atoms with Crippen LogP contribution in [0.3, 0.4) is 0 Å². The first-order valence-corrected chi connectivity index (χ1v) is 6.89. The van der Waals surface area contributed by atoms with Gasteiger partial charge in [0.25, 0.3) is 5.91 Å². The smallest absolute Gasteiger partial charge is 0.274 e. The van der Waals surface area contributed by atoms with E-state index < -0.39 is 0 Å². The van der Waals surface area contributed by atoms with E-state index in [1.165, 1.54) is 0 Å².